The van der Waals surface area contributed by atoms with E-state index in [0.717, 1.165) is 5.56 Å². The van der Waals surface area contributed by atoms with Crippen LogP contribution in [0.25, 0.3) is 0 Å². The summed E-state index contributed by atoms with van der Waals surface area (Å²) in [7, 11) is 4.73. The van der Waals surface area contributed by atoms with Gasteiger partial charge in [-0.05, 0) is 42.0 Å². The Balaban J connectivity index is 2.07. The zero-order chi connectivity index (χ0) is 16.8. The van der Waals surface area contributed by atoms with Crippen molar-refractivity contribution in [3.05, 3.63) is 59.7 Å². The van der Waals surface area contributed by atoms with Crippen LogP contribution in [0.5, 0.6) is 11.5 Å². The molecule has 0 saturated heterocycles. The third-order valence-electron chi connectivity index (χ3n) is 3.45. The molecule has 0 bridgehead atoms. The van der Waals surface area contributed by atoms with Gasteiger partial charge in [-0.25, -0.2) is 0 Å². The first-order chi connectivity index (χ1) is 11.0. The number of ketones is 1. The van der Waals surface area contributed by atoms with Crippen molar-refractivity contribution in [1.82, 2.24) is 4.90 Å². The highest BCUT2D eigenvalue weighted by Gasteiger charge is 2.20. The van der Waals surface area contributed by atoms with E-state index >= 15 is 0 Å². The molecular formula is C18H19NO4. The zero-order valence-corrected chi connectivity index (χ0v) is 13.4. The van der Waals surface area contributed by atoms with Crippen LogP contribution in [-0.4, -0.2) is 37.9 Å². The van der Waals surface area contributed by atoms with Gasteiger partial charge in [0.05, 0.1) is 14.2 Å². The number of Topliss-reactive ketones (excluding diaryl/α,β-unsaturated/α-hetero) is 1. The maximum absolute atomic E-state index is 12.3. The van der Waals surface area contributed by atoms with E-state index in [1.54, 1.807) is 45.5 Å². The molecule has 120 valence electrons. The standard InChI is InChI=1S/C18H19NO4/c1-19(12-13-5-4-6-16(11-13)23-3)18(21)17(20)14-7-9-15(22-2)10-8-14/h4-11H,12H2,1-3H3. The molecule has 0 radical (unpaired) electrons. The molecule has 2 aromatic rings. The second-order valence-corrected chi connectivity index (χ2v) is 5.07. The Bertz CT molecular complexity index is 694. The van der Waals surface area contributed by atoms with Gasteiger partial charge in [0.15, 0.2) is 0 Å². The summed E-state index contributed by atoms with van der Waals surface area (Å²) in [6.07, 6.45) is 0. The van der Waals surface area contributed by atoms with Gasteiger partial charge in [0.2, 0.25) is 5.78 Å². The maximum atomic E-state index is 12.3. The number of amides is 1. The van der Waals surface area contributed by atoms with Crippen molar-refractivity contribution in [2.24, 2.45) is 0 Å². The predicted octanol–water partition coefficient (Wildman–Crippen LogP) is 2.55. The van der Waals surface area contributed by atoms with Crippen LogP contribution in [0.2, 0.25) is 0 Å². The average molecular weight is 313 g/mol. The van der Waals surface area contributed by atoms with Crippen LogP contribution in [0.3, 0.4) is 0 Å². The molecule has 23 heavy (non-hydrogen) atoms. The van der Waals surface area contributed by atoms with Crippen molar-refractivity contribution < 1.29 is 19.1 Å². The summed E-state index contributed by atoms with van der Waals surface area (Å²) in [4.78, 5) is 25.9. The first kappa shape index (κ1) is 16.5. The summed E-state index contributed by atoms with van der Waals surface area (Å²) in [5.41, 5.74) is 1.23. The van der Waals surface area contributed by atoms with Gasteiger partial charge in [-0.2, -0.15) is 0 Å². The molecule has 5 heteroatoms. The summed E-state index contributed by atoms with van der Waals surface area (Å²) in [5.74, 6) is 0.250. The first-order valence-electron chi connectivity index (χ1n) is 7.12. The van der Waals surface area contributed by atoms with Gasteiger partial charge in [-0.3, -0.25) is 9.59 Å². The van der Waals surface area contributed by atoms with Gasteiger partial charge in [0.25, 0.3) is 5.91 Å². The summed E-state index contributed by atoms with van der Waals surface area (Å²) < 4.78 is 10.2. The molecule has 0 heterocycles. The van der Waals surface area contributed by atoms with Gasteiger partial charge in [0, 0.05) is 19.2 Å². The number of methoxy groups -OCH3 is 2. The number of hydrogen-bond donors (Lipinski definition) is 0. The van der Waals surface area contributed by atoms with Crippen LogP contribution in [0.4, 0.5) is 0 Å². The molecule has 5 nitrogen and oxygen atoms in total. The topological polar surface area (TPSA) is 55.8 Å². The minimum Gasteiger partial charge on any atom is -0.497 e. The number of carbonyl (C=O) groups is 2. The Morgan fingerprint density at radius 1 is 0.957 bits per heavy atom. The molecule has 1 amide bonds. The summed E-state index contributed by atoms with van der Waals surface area (Å²) in [6.45, 7) is 0.331. The minimum absolute atomic E-state index is 0.331. The van der Waals surface area contributed by atoms with Crippen molar-refractivity contribution in [3.63, 3.8) is 0 Å². The molecule has 0 atom stereocenters. The van der Waals surface area contributed by atoms with E-state index in [0.29, 0.717) is 23.6 Å². The van der Waals surface area contributed by atoms with E-state index in [1.165, 1.54) is 4.90 Å². The van der Waals surface area contributed by atoms with Crippen molar-refractivity contribution in [3.8, 4) is 11.5 Å². The molecule has 0 aromatic heterocycles. The predicted molar refractivity (Wildman–Crippen MR) is 86.8 cm³/mol. The molecule has 0 N–H and O–H groups in total. The maximum Gasteiger partial charge on any atom is 0.294 e. The first-order valence-corrected chi connectivity index (χ1v) is 7.12. The number of ether oxygens (including phenoxy) is 2. The Labute approximate surface area is 135 Å². The Kier molecular flexibility index (Phi) is 5.36. The SMILES string of the molecule is COc1ccc(C(=O)C(=O)N(C)Cc2cccc(OC)c2)cc1. The molecule has 2 aromatic carbocycles. The lowest BCUT2D eigenvalue weighted by atomic mass is 10.1. The van der Waals surface area contributed by atoms with Crippen molar-refractivity contribution >= 4 is 11.7 Å². The molecule has 0 aliphatic heterocycles. The van der Waals surface area contributed by atoms with E-state index in [-0.39, 0.29) is 0 Å². The van der Waals surface area contributed by atoms with Gasteiger partial charge >= 0.3 is 0 Å². The molecule has 0 saturated carbocycles. The number of rotatable bonds is 6. The quantitative estimate of drug-likeness (QED) is 0.607. The molecule has 0 spiro atoms. The molecule has 2 rings (SSSR count). The van der Waals surface area contributed by atoms with Crippen molar-refractivity contribution in [2.45, 2.75) is 6.54 Å². The normalized spacial score (nSPS) is 10.0. The van der Waals surface area contributed by atoms with E-state index < -0.39 is 11.7 Å². The zero-order valence-electron chi connectivity index (χ0n) is 13.4. The number of benzene rings is 2. The fraction of sp³-hybridized carbons (Fsp3) is 0.222. The Morgan fingerprint density at radius 2 is 1.61 bits per heavy atom. The number of likely N-dealkylation sites (N-methyl/N-ethyl adjacent to an activating group) is 1. The van der Waals surface area contributed by atoms with E-state index in [4.69, 9.17) is 9.47 Å². The van der Waals surface area contributed by atoms with Gasteiger partial charge in [-0.1, -0.05) is 12.1 Å². The van der Waals surface area contributed by atoms with Crippen LogP contribution in [-0.2, 0) is 11.3 Å². The molecule has 0 aliphatic rings. The second-order valence-electron chi connectivity index (χ2n) is 5.07. The highest BCUT2D eigenvalue weighted by atomic mass is 16.5. The summed E-state index contributed by atoms with van der Waals surface area (Å²) in [5, 5.41) is 0. The van der Waals surface area contributed by atoms with Crippen LogP contribution < -0.4 is 9.47 Å². The second kappa shape index (κ2) is 7.45. The fourth-order valence-corrected chi connectivity index (χ4v) is 2.16. The van der Waals surface area contributed by atoms with E-state index in [9.17, 15) is 9.59 Å². The monoisotopic (exact) mass is 313 g/mol. The molecule has 0 fully saturated rings. The lowest BCUT2D eigenvalue weighted by molar-refractivity contribution is -0.125. The van der Waals surface area contributed by atoms with Crippen LogP contribution >= 0.6 is 0 Å². The highest BCUT2D eigenvalue weighted by molar-refractivity contribution is 6.42. The number of carbonyl (C=O) groups excluding carboxylic acids is 2. The van der Waals surface area contributed by atoms with Gasteiger partial charge in [0.1, 0.15) is 11.5 Å². The van der Waals surface area contributed by atoms with Gasteiger partial charge in [-0.15, -0.1) is 0 Å². The molecule has 0 aliphatic carbocycles. The van der Waals surface area contributed by atoms with Crippen LogP contribution in [0.15, 0.2) is 48.5 Å². The van der Waals surface area contributed by atoms with Crippen molar-refractivity contribution in [2.75, 3.05) is 21.3 Å². The Morgan fingerprint density at radius 3 is 2.22 bits per heavy atom. The van der Waals surface area contributed by atoms with Crippen LogP contribution in [0, 0.1) is 0 Å². The summed E-state index contributed by atoms with van der Waals surface area (Å²) >= 11 is 0. The van der Waals surface area contributed by atoms with E-state index in [2.05, 4.69) is 0 Å². The fourth-order valence-electron chi connectivity index (χ4n) is 2.16. The molecular weight excluding hydrogens is 294 g/mol. The summed E-state index contributed by atoms with van der Waals surface area (Å²) in [6, 6.07) is 13.9. The van der Waals surface area contributed by atoms with E-state index in [1.807, 2.05) is 24.3 Å². The average Bonchev–Trinajstić information content (AvgIpc) is 2.60. The molecule has 0 unspecified atom stereocenters. The lowest BCUT2D eigenvalue weighted by Crippen LogP contribution is -2.32. The van der Waals surface area contributed by atoms with Crippen LogP contribution in [0.1, 0.15) is 15.9 Å². The third kappa shape index (κ3) is 4.10. The number of hydrogen-bond acceptors (Lipinski definition) is 4. The third-order valence-corrected chi connectivity index (χ3v) is 3.45. The Hall–Kier alpha value is -2.82. The number of nitrogens with zero attached hydrogens (tertiary/aromatic N) is 1. The lowest BCUT2D eigenvalue weighted by Gasteiger charge is -2.17. The van der Waals surface area contributed by atoms with Gasteiger partial charge < -0.3 is 14.4 Å². The highest BCUT2D eigenvalue weighted by Crippen LogP contribution is 2.15. The smallest absolute Gasteiger partial charge is 0.294 e. The minimum atomic E-state index is -0.557. The largest absolute Gasteiger partial charge is 0.497 e. The van der Waals surface area contributed by atoms with Crippen molar-refractivity contribution in [1.29, 1.82) is 0 Å².